The van der Waals surface area contributed by atoms with E-state index in [1.54, 1.807) is 0 Å². The molecule has 1 atom stereocenters. The number of likely N-dealkylation sites (tertiary alicyclic amines) is 1. The van der Waals surface area contributed by atoms with Crippen molar-refractivity contribution >= 4 is 5.91 Å². The summed E-state index contributed by atoms with van der Waals surface area (Å²) in [4.78, 5) is 21.0. The molecule has 0 aliphatic carbocycles. The Balaban J connectivity index is 1.55. The van der Waals surface area contributed by atoms with Gasteiger partial charge in [-0.15, -0.1) is 0 Å². The van der Waals surface area contributed by atoms with Crippen molar-refractivity contribution < 1.29 is 18.3 Å². The summed E-state index contributed by atoms with van der Waals surface area (Å²) in [5, 5.41) is 0. The van der Waals surface area contributed by atoms with E-state index < -0.39 is 0 Å². The molecule has 1 aliphatic heterocycles. The minimum absolute atomic E-state index is 0.0843. The Bertz CT molecular complexity index is 728. The summed E-state index contributed by atoms with van der Waals surface area (Å²) < 4.78 is 23.7. The maximum atomic E-state index is 12.9. The molecule has 2 aromatic rings. The van der Waals surface area contributed by atoms with Crippen LogP contribution in [0.1, 0.15) is 36.6 Å². The van der Waals surface area contributed by atoms with Gasteiger partial charge in [-0.25, -0.2) is 9.37 Å². The molecule has 6 nitrogen and oxygen atoms in total. The van der Waals surface area contributed by atoms with E-state index in [0.29, 0.717) is 23.4 Å². The third-order valence-corrected chi connectivity index (χ3v) is 4.73. The van der Waals surface area contributed by atoms with Gasteiger partial charge < -0.3 is 14.1 Å². The molecule has 7 heteroatoms. The summed E-state index contributed by atoms with van der Waals surface area (Å²) in [5.41, 5.74) is 0.294. The number of aromatic nitrogens is 1. The van der Waals surface area contributed by atoms with Crippen LogP contribution in [-0.2, 0) is 6.61 Å². The Kier molecular flexibility index (Phi) is 5.88. The molecule has 1 aromatic heterocycles. The first-order chi connectivity index (χ1) is 12.6. The zero-order valence-corrected chi connectivity index (χ0v) is 15.2. The van der Waals surface area contributed by atoms with Crippen molar-refractivity contribution in [3.05, 3.63) is 47.9 Å². The monoisotopic (exact) mass is 361 g/mol. The highest BCUT2D eigenvalue weighted by Gasteiger charge is 2.30. The highest BCUT2D eigenvalue weighted by molar-refractivity contribution is 5.92. The topological polar surface area (TPSA) is 58.8 Å². The van der Waals surface area contributed by atoms with Gasteiger partial charge in [-0.1, -0.05) is 13.8 Å². The molecular weight excluding hydrogens is 337 g/mol. The highest BCUT2D eigenvalue weighted by atomic mass is 19.1. The molecule has 26 heavy (non-hydrogen) atoms. The van der Waals surface area contributed by atoms with Crippen LogP contribution in [0.2, 0.25) is 0 Å². The smallest absolute Gasteiger partial charge is 0.275 e. The quantitative estimate of drug-likeness (QED) is 0.759. The number of benzene rings is 1. The second kappa shape index (κ2) is 8.31. The number of nitrogens with zero attached hydrogens (tertiary/aromatic N) is 3. The number of ether oxygens (including phenoxy) is 1. The second-order valence-electron chi connectivity index (χ2n) is 6.28. The molecule has 1 aliphatic rings. The maximum Gasteiger partial charge on any atom is 0.275 e. The Hall–Kier alpha value is -2.41. The Morgan fingerprint density at radius 3 is 2.77 bits per heavy atom. The largest absolute Gasteiger partial charge is 0.484 e. The van der Waals surface area contributed by atoms with Crippen molar-refractivity contribution in [2.75, 3.05) is 26.2 Å². The van der Waals surface area contributed by atoms with Gasteiger partial charge in [0.1, 0.15) is 17.8 Å². The average molecular weight is 361 g/mol. The van der Waals surface area contributed by atoms with E-state index in [9.17, 15) is 9.18 Å². The van der Waals surface area contributed by atoms with Crippen LogP contribution in [0.4, 0.5) is 4.39 Å². The van der Waals surface area contributed by atoms with Crippen LogP contribution in [-0.4, -0.2) is 52.9 Å². The first kappa shape index (κ1) is 18.4. The SMILES string of the molecule is CCN(CC)[C@H]1CCN(C(=O)c2coc(COc3ccc(F)cc3)n2)C1. The molecule has 1 fully saturated rings. The predicted molar refractivity (Wildman–Crippen MR) is 94.5 cm³/mol. The summed E-state index contributed by atoms with van der Waals surface area (Å²) >= 11 is 0. The molecule has 3 rings (SSSR count). The molecule has 0 N–H and O–H groups in total. The molecule has 0 radical (unpaired) electrons. The Morgan fingerprint density at radius 2 is 2.08 bits per heavy atom. The molecule has 0 saturated carbocycles. The predicted octanol–water partition coefficient (Wildman–Crippen LogP) is 2.95. The summed E-state index contributed by atoms with van der Waals surface area (Å²) in [7, 11) is 0. The number of hydrogen-bond acceptors (Lipinski definition) is 5. The van der Waals surface area contributed by atoms with E-state index in [1.165, 1.54) is 30.5 Å². The molecular formula is C19H24FN3O3. The number of hydrogen-bond donors (Lipinski definition) is 0. The summed E-state index contributed by atoms with van der Waals surface area (Å²) in [6.45, 7) is 7.78. The lowest BCUT2D eigenvalue weighted by molar-refractivity contribution is 0.0772. The summed E-state index contributed by atoms with van der Waals surface area (Å²) in [6.07, 6.45) is 2.35. The van der Waals surface area contributed by atoms with Gasteiger partial charge in [0, 0.05) is 19.1 Å². The van der Waals surface area contributed by atoms with Crippen molar-refractivity contribution in [1.29, 1.82) is 0 Å². The van der Waals surface area contributed by atoms with Crippen molar-refractivity contribution in [3.8, 4) is 5.75 Å². The molecule has 1 saturated heterocycles. The van der Waals surface area contributed by atoms with Gasteiger partial charge in [-0.3, -0.25) is 9.69 Å². The minimum Gasteiger partial charge on any atom is -0.484 e. The normalized spacial score (nSPS) is 17.1. The fourth-order valence-corrected chi connectivity index (χ4v) is 3.28. The van der Waals surface area contributed by atoms with Crippen LogP contribution >= 0.6 is 0 Å². The van der Waals surface area contributed by atoms with Crippen LogP contribution in [0.25, 0.3) is 0 Å². The number of carbonyl (C=O) groups is 1. The van der Waals surface area contributed by atoms with Gasteiger partial charge in [0.2, 0.25) is 5.89 Å². The van der Waals surface area contributed by atoms with E-state index in [4.69, 9.17) is 9.15 Å². The number of halogens is 1. The molecule has 0 spiro atoms. The third kappa shape index (κ3) is 4.22. The number of amides is 1. The zero-order valence-electron chi connectivity index (χ0n) is 15.2. The Morgan fingerprint density at radius 1 is 1.35 bits per heavy atom. The molecule has 1 amide bonds. The fraction of sp³-hybridized carbons (Fsp3) is 0.474. The van der Waals surface area contributed by atoms with E-state index in [1.807, 2.05) is 4.90 Å². The average Bonchev–Trinajstić information content (AvgIpc) is 3.32. The summed E-state index contributed by atoms with van der Waals surface area (Å²) in [6, 6.07) is 6.10. The number of oxazole rings is 1. The first-order valence-electron chi connectivity index (χ1n) is 8.96. The number of rotatable bonds is 7. The lowest BCUT2D eigenvalue weighted by atomic mass is 10.2. The van der Waals surface area contributed by atoms with Gasteiger partial charge in [0.15, 0.2) is 12.3 Å². The van der Waals surface area contributed by atoms with Gasteiger partial charge in [-0.2, -0.15) is 0 Å². The molecule has 0 unspecified atom stereocenters. The molecule has 2 heterocycles. The van der Waals surface area contributed by atoms with Crippen molar-refractivity contribution in [3.63, 3.8) is 0 Å². The lowest BCUT2D eigenvalue weighted by Crippen LogP contribution is -2.38. The van der Waals surface area contributed by atoms with Gasteiger partial charge >= 0.3 is 0 Å². The van der Waals surface area contributed by atoms with Gasteiger partial charge in [-0.05, 0) is 43.8 Å². The molecule has 140 valence electrons. The van der Waals surface area contributed by atoms with Crippen molar-refractivity contribution in [1.82, 2.24) is 14.8 Å². The van der Waals surface area contributed by atoms with Gasteiger partial charge in [0.25, 0.3) is 5.91 Å². The molecule has 1 aromatic carbocycles. The number of carbonyl (C=O) groups excluding carboxylic acids is 1. The van der Waals surface area contributed by atoms with E-state index in [0.717, 1.165) is 32.6 Å². The third-order valence-electron chi connectivity index (χ3n) is 4.73. The highest BCUT2D eigenvalue weighted by Crippen LogP contribution is 2.19. The zero-order chi connectivity index (χ0) is 18.5. The van der Waals surface area contributed by atoms with Crippen LogP contribution < -0.4 is 4.74 Å². The van der Waals surface area contributed by atoms with E-state index in [-0.39, 0.29) is 18.3 Å². The summed E-state index contributed by atoms with van der Waals surface area (Å²) in [5.74, 6) is 0.391. The second-order valence-corrected chi connectivity index (χ2v) is 6.28. The van der Waals surface area contributed by atoms with Crippen molar-refractivity contribution in [2.24, 2.45) is 0 Å². The Labute approximate surface area is 152 Å². The van der Waals surface area contributed by atoms with Crippen LogP contribution in [0.5, 0.6) is 5.75 Å². The van der Waals surface area contributed by atoms with Crippen molar-refractivity contribution in [2.45, 2.75) is 32.9 Å². The van der Waals surface area contributed by atoms with Gasteiger partial charge in [0.05, 0.1) is 0 Å². The van der Waals surface area contributed by atoms with E-state index in [2.05, 4.69) is 23.7 Å². The fourth-order valence-electron chi connectivity index (χ4n) is 3.28. The standard InChI is InChI=1S/C19H24FN3O3/c1-3-22(4-2)15-9-10-23(11-15)19(24)17-12-26-18(21-17)13-25-16-7-5-14(20)6-8-16/h5-8,12,15H,3-4,9-11,13H2,1-2H3/t15-/m0/s1. The van der Waals surface area contributed by atoms with Crippen LogP contribution in [0, 0.1) is 5.82 Å². The maximum absolute atomic E-state index is 12.9. The lowest BCUT2D eigenvalue weighted by Gasteiger charge is -2.25. The van der Waals surface area contributed by atoms with Crippen LogP contribution in [0.3, 0.4) is 0 Å². The first-order valence-corrected chi connectivity index (χ1v) is 8.96. The minimum atomic E-state index is -0.324. The number of likely N-dealkylation sites (N-methyl/N-ethyl adjacent to an activating group) is 1. The van der Waals surface area contributed by atoms with Crippen LogP contribution in [0.15, 0.2) is 34.9 Å². The van der Waals surface area contributed by atoms with E-state index >= 15 is 0 Å². The molecule has 0 bridgehead atoms.